The number of rotatable bonds is 5. The van der Waals surface area contributed by atoms with E-state index in [-0.39, 0.29) is 12.4 Å². The second-order valence-electron chi connectivity index (χ2n) is 5.87. The van der Waals surface area contributed by atoms with Gasteiger partial charge in [0.25, 0.3) is 0 Å². The van der Waals surface area contributed by atoms with E-state index >= 15 is 0 Å². The van der Waals surface area contributed by atoms with Crippen LogP contribution >= 0.6 is 12.4 Å². The summed E-state index contributed by atoms with van der Waals surface area (Å²) in [6, 6.07) is 13.3. The number of nitrogens with zero attached hydrogens (tertiary/aromatic N) is 3. The minimum atomic E-state index is 0. The summed E-state index contributed by atoms with van der Waals surface area (Å²) in [4.78, 5) is 8.78. The molecule has 6 nitrogen and oxygen atoms in total. The molecule has 3 aromatic rings. The number of halogens is 1. The summed E-state index contributed by atoms with van der Waals surface area (Å²) in [5.41, 5.74) is 0.815. The first-order valence-electron chi connectivity index (χ1n) is 8.09. The molecule has 1 aliphatic rings. The van der Waals surface area contributed by atoms with Crippen molar-refractivity contribution >= 4 is 12.4 Å². The van der Waals surface area contributed by atoms with Crippen molar-refractivity contribution in [2.75, 3.05) is 13.1 Å². The maximum atomic E-state index is 5.68. The van der Waals surface area contributed by atoms with Gasteiger partial charge in [0.1, 0.15) is 5.75 Å². The van der Waals surface area contributed by atoms with Gasteiger partial charge in [0, 0.05) is 24.2 Å². The molecule has 1 atom stereocenters. The van der Waals surface area contributed by atoms with E-state index in [1.807, 2.05) is 36.4 Å². The molecule has 3 heterocycles. The topological polar surface area (TPSA) is 73.1 Å². The lowest BCUT2D eigenvalue weighted by Crippen LogP contribution is -2.10. The standard InChI is InChI=1S/C18H18N4O2.ClH/c1-2-4-15(5-3-1)23-16-7-6-14(12-20-16)18-21-17(24-22-18)10-13-8-9-19-11-13;/h1-7,12-13,19H,8-11H2;1H. The fraction of sp³-hybridized carbons (Fsp3) is 0.278. The van der Waals surface area contributed by atoms with Gasteiger partial charge in [0.05, 0.1) is 0 Å². The Morgan fingerprint density at radius 3 is 2.76 bits per heavy atom. The summed E-state index contributed by atoms with van der Waals surface area (Å²) in [7, 11) is 0. The number of aromatic nitrogens is 3. The third kappa shape index (κ3) is 4.35. The fourth-order valence-corrected chi connectivity index (χ4v) is 2.77. The summed E-state index contributed by atoms with van der Waals surface area (Å²) in [6.07, 6.45) is 3.68. The molecular weight excluding hydrogens is 340 g/mol. The van der Waals surface area contributed by atoms with Gasteiger partial charge in [-0.15, -0.1) is 12.4 Å². The van der Waals surface area contributed by atoms with Crippen LogP contribution in [0.1, 0.15) is 12.3 Å². The molecular formula is C18H19ClN4O2. The van der Waals surface area contributed by atoms with E-state index in [9.17, 15) is 0 Å². The predicted molar refractivity (Wildman–Crippen MR) is 96.0 cm³/mol. The first kappa shape index (κ1) is 17.4. The van der Waals surface area contributed by atoms with Crippen LogP contribution in [0.25, 0.3) is 11.4 Å². The van der Waals surface area contributed by atoms with Crippen molar-refractivity contribution < 1.29 is 9.26 Å². The molecule has 7 heteroatoms. The highest BCUT2D eigenvalue weighted by Gasteiger charge is 2.19. The van der Waals surface area contributed by atoms with Crippen molar-refractivity contribution in [3.05, 3.63) is 54.6 Å². The van der Waals surface area contributed by atoms with Crippen LogP contribution in [-0.2, 0) is 6.42 Å². The van der Waals surface area contributed by atoms with Gasteiger partial charge in [0.15, 0.2) is 0 Å². The molecule has 0 aliphatic carbocycles. The Kier molecular flexibility index (Phi) is 5.63. The molecule has 4 rings (SSSR count). The molecule has 2 aromatic heterocycles. The highest BCUT2D eigenvalue weighted by atomic mass is 35.5. The number of ether oxygens (including phenoxy) is 1. The van der Waals surface area contributed by atoms with Crippen molar-refractivity contribution in [2.45, 2.75) is 12.8 Å². The van der Waals surface area contributed by atoms with Gasteiger partial charge in [-0.25, -0.2) is 4.98 Å². The highest BCUT2D eigenvalue weighted by molar-refractivity contribution is 5.85. The van der Waals surface area contributed by atoms with Gasteiger partial charge in [-0.3, -0.25) is 0 Å². The number of para-hydroxylation sites is 1. The molecule has 130 valence electrons. The zero-order valence-corrected chi connectivity index (χ0v) is 14.4. The van der Waals surface area contributed by atoms with Crippen LogP contribution in [0.4, 0.5) is 0 Å². The summed E-state index contributed by atoms with van der Waals surface area (Å²) in [5, 5.41) is 7.40. The number of hydrogen-bond acceptors (Lipinski definition) is 6. The molecule has 1 saturated heterocycles. The van der Waals surface area contributed by atoms with Crippen LogP contribution < -0.4 is 10.1 Å². The molecule has 1 unspecified atom stereocenters. The van der Waals surface area contributed by atoms with Gasteiger partial charge in [-0.2, -0.15) is 4.98 Å². The highest BCUT2D eigenvalue weighted by Crippen LogP contribution is 2.22. The third-order valence-corrected chi connectivity index (χ3v) is 4.05. The SMILES string of the molecule is Cl.c1ccc(Oc2ccc(-c3noc(CC4CCNC4)n3)cn2)cc1. The molecule has 0 amide bonds. The van der Waals surface area contributed by atoms with Gasteiger partial charge in [-0.05, 0) is 43.6 Å². The minimum Gasteiger partial charge on any atom is -0.439 e. The monoisotopic (exact) mass is 358 g/mol. The van der Waals surface area contributed by atoms with Crippen molar-refractivity contribution in [3.8, 4) is 23.0 Å². The zero-order chi connectivity index (χ0) is 16.2. The van der Waals surface area contributed by atoms with Gasteiger partial charge < -0.3 is 14.6 Å². The Balaban J connectivity index is 0.00000182. The summed E-state index contributed by atoms with van der Waals surface area (Å²) >= 11 is 0. The summed E-state index contributed by atoms with van der Waals surface area (Å²) in [6.45, 7) is 2.09. The van der Waals surface area contributed by atoms with Crippen molar-refractivity contribution in [2.24, 2.45) is 5.92 Å². The van der Waals surface area contributed by atoms with Crippen LogP contribution in [-0.4, -0.2) is 28.2 Å². The number of hydrogen-bond donors (Lipinski definition) is 1. The average molecular weight is 359 g/mol. The van der Waals surface area contributed by atoms with Crippen LogP contribution in [0.5, 0.6) is 11.6 Å². The first-order valence-corrected chi connectivity index (χ1v) is 8.09. The van der Waals surface area contributed by atoms with E-state index in [1.54, 1.807) is 12.3 Å². The van der Waals surface area contributed by atoms with E-state index in [0.29, 0.717) is 23.5 Å². The van der Waals surface area contributed by atoms with Gasteiger partial charge >= 0.3 is 0 Å². The Bertz CT molecular complexity index is 786. The second kappa shape index (κ2) is 8.09. The number of nitrogens with one attached hydrogen (secondary N) is 1. The predicted octanol–water partition coefficient (Wildman–Crippen LogP) is 3.50. The molecule has 0 spiro atoms. The largest absolute Gasteiger partial charge is 0.439 e. The van der Waals surface area contributed by atoms with Gasteiger partial charge in [0.2, 0.25) is 17.6 Å². The zero-order valence-electron chi connectivity index (χ0n) is 13.6. The quantitative estimate of drug-likeness (QED) is 0.752. The minimum absolute atomic E-state index is 0. The van der Waals surface area contributed by atoms with E-state index in [2.05, 4.69) is 20.4 Å². The molecule has 0 radical (unpaired) electrons. The molecule has 1 aromatic carbocycles. The normalized spacial score (nSPS) is 16.4. The van der Waals surface area contributed by atoms with Crippen molar-refractivity contribution in [1.82, 2.24) is 20.4 Å². The first-order chi connectivity index (χ1) is 11.9. The van der Waals surface area contributed by atoms with Crippen LogP contribution in [0.3, 0.4) is 0 Å². The van der Waals surface area contributed by atoms with Crippen LogP contribution in [0, 0.1) is 5.92 Å². The maximum absolute atomic E-state index is 5.68. The van der Waals surface area contributed by atoms with Crippen LogP contribution in [0.15, 0.2) is 53.2 Å². The molecule has 1 N–H and O–H groups in total. The van der Waals surface area contributed by atoms with E-state index in [1.165, 1.54) is 0 Å². The molecule has 1 aliphatic heterocycles. The van der Waals surface area contributed by atoms with E-state index in [4.69, 9.17) is 9.26 Å². The maximum Gasteiger partial charge on any atom is 0.227 e. The lowest BCUT2D eigenvalue weighted by atomic mass is 10.1. The fourth-order valence-electron chi connectivity index (χ4n) is 2.77. The van der Waals surface area contributed by atoms with Crippen molar-refractivity contribution in [3.63, 3.8) is 0 Å². The smallest absolute Gasteiger partial charge is 0.227 e. The second-order valence-corrected chi connectivity index (χ2v) is 5.87. The third-order valence-electron chi connectivity index (χ3n) is 4.05. The Hall–Kier alpha value is -2.44. The number of pyridine rings is 1. The Labute approximate surface area is 152 Å². The van der Waals surface area contributed by atoms with E-state index in [0.717, 1.165) is 37.2 Å². The van der Waals surface area contributed by atoms with Crippen LogP contribution in [0.2, 0.25) is 0 Å². The van der Waals surface area contributed by atoms with Crippen molar-refractivity contribution in [1.29, 1.82) is 0 Å². The molecule has 0 saturated carbocycles. The summed E-state index contributed by atoms with van der Waals surface area (Å²) in [5.74, 6) is 3.12. The lowest BCUT2D eigenvalue weighted by molar-refractivity contribution is 0.358. The van der Waals surface area contributed by atoms with E-state index < -0.39 is 0 Å². The molecule has 25 heavy (non-hydrogen) atoms. The lowest BCUT2D eigenvalue weighted by Gasteiger charge is -2.04. The summed E-state index contributed by atoms with van der Waals surface area (Å²) < 4.78 is 11.0. The Morgan fingerprint density at radius 1 is 1.16 bits per heavy atom. The Morgan fingerprint density at radius 2 is 2.04 bits per heavy atom. The molecule has 0 bridgehead atoms. The van der Waals surface area contributed by atoms with Gasteiger partial charge in [-0.1, -0.05) is 23.4 Å². The molecule has 1 fully saturated rings. The average Bonchev–Trinajstić information content (AvgIpc) is 3.29. The number of benzene rings is 1.